The highest BCUT2D eigenvalue weighted by Gasteiger charge is 2.34. The number of carbonyl (C=O) groups is 2. The van der Waals surface area contributed by atoms with E-state index in [1.807, 2.05) is 22.9 Å². The maximum atomic E-state index is 12.6. The molecule has 2 saturated heterocycles. The lowest BCUT2D eigenvalue weighted by Gasteiger charge is -2.37. The third-order valence-electron chi connectivity index (χ3n) is 5.78. The van der Waals surface area contributed by atoms with Crippen LogP contribution in [0.2, 0.25) is 0 Å². The fraction of sp³-hybridized carbons (Fsp3) is 0.700. The van der Waals surface area contributed by atoms with Crippen LogP contribution in [-0.2, 0) is 0 Å². The maximum Gasteiger partial charge on any atom is 0.321 e. The third-order valence-corrected chi connectivity index (χ3v) is 5.78. The van der Waals surface area contributed by atoms with E-state index >= 15 is 0 Å². The average molecular weight is 376 g/mol. The molecular weight excluding hydrogens is 342 g/mol. The number of urea groups is 2. The van der Waals surface area contributed by atoms with Crippen LogP contribution in [0.1, 0.15) is 32.1 Å². The number of nitrogens with zero attached hydrogens (tertiary/aromatic N) is 2. The molecular formula is C20H33N5O2. The molecule has 3 fully saturated rings. The van der Waals surface area contributed by atoms with Gasteiger partial charge in [0, 0.05) is 44.3 Å². The predicted molar refractivity (Wildman–Crippen MR) is 106 cm³/mol. The summed E-state index contributed by atoms with van der Waals surface area (Å²) in [5.41, 5.74) is 0. The Bertz CT molecular complexity index is 573. The van der Waals surface area contributed by atoms with Gasteiger partial charge in [0.05, 0.1) is 6.04 Å². The molecule has 3 aliphatic rings. The molecule has 0 aromatic rings. The molecule has 0 bridgehead atoms. The maximum absolute atomic E-state index is 12.6. The van der Waals surface area contributed by atoms with Gasteiger partial charge in [-0.25, -0.2) is 9.59 Å². The number of likely N-dealkylation sites (tertiary alicyclic amines) is 1. The fourth-order valence-electron chi connectivity index (χ4n) is 4.02. The van der Waals surface area contributed by atoms with Gasteiger partial charge < -0.3 is 25.8 Å². The number of nitrogens with one attached hydrogen (secondary N) is 3. The van der Waals surface area contributed by atoms with Crippen LogP contribution >= 0.6 is 0 Å². The molecule has 150 valence electrons. The van der Waals surface area contributed by atoms with Crippen LogP contribution in [0, 0.1) is 11.8 Å². The van der Waals surface area contributed by atoms with Gasteiger partial charge >= 0.3 is 12.1 Å². The van der Waals surface area contributed by atoms with Crippen LogP contribution in [0.15, 0.2) is 24.9 Å². The van der Waals surface area contributed by atoms with E-state index in [1.54, 1.807) is 12.3 Å². The van der Waals surface area contributed by atoms with Gasteiger partial charge in [-0.1, -0.05) is 12.2 Å². The molecule has 0 spiro atoms. The van der Waals surface area contributed by atoms with Gasteiger partial charge in [-0.2, -0.15) is 0 Å². The van der Waals surface area contributed by atoms with Gasteiger partial charge in [0.1, 0.15) is 0 Å². The van der Waals surface area contributed by atoms with Crippen molar-refractivity contribution in [2.75, 3.05) is 33.2 Å². The number of hydrogen-bond donors (Lipinski definition) is 3. The summed E-state index contributed by atoms with van der Waals surface area (Å²) in [6, 6.07) is 0.0916. The second-order valence-electron chi connectivity index (χ2n) is 7.93. The summed E-state index contributed by atoms with van der Waals surface area (Å²) in [5.74, 6) is 0.761. The van der Waals surface area contributed by atoms with Gasteiger partial charge in [0.15, 0.2) is 0 Å². The number of rotatable bonds is 7. The van der Waals surface area contributed by atoms with Crippen LogP contribution in [0.5, 0.6) is 0 Å². The van der Waals surface area contributed by atoms with E-state index in [0.717, 1.165) is 32.5 Å². The first-order valence-corrected chi connectivity index (χ1v) is 10.2. The van der Waals surface area contributed by atoms with Crippen molar-refractivity contribution in [1.29, 1.82) is 0 Å². The molecule has 27 heavy (non-hydrogen) atoms. The Morgan fingerprint density at radius 1 is 1.33 bits per heavy atom. The minimum Gasteiger partial charge on any atom is -0.331 e. The number of piperidine rings is 1. The van der Waals surface area contributed by atoms with Crippen molar-refractivity contribution in [3.63, 3.8) is 0 Å². The van der Waals surface area contributed by atoms with E-state index in [0.29, 0.717) is 12.5 Å². The topological polar surface area (TPSA) is 76.7 Å². The molecule has 1 aliphatic carbocycles. The summed E-state index contributed by atoms with van der Waals surface area (Å²) >= 11 is 0. The number of carbonyl (C=O) groups excluding carboxylic acids is 2. The van der Waals surface area contributed by atoms with Crippen molar-refractivity contribution in [2.45, 2.75) is 44.2 Å². The van der Waals surface area contributed by atoms with E-state index in [1.165, 1.54) is 19.3 Å². The Morgan fingerprint density at radius 3 is 2.85 bits per heavy atom. The van der Waals surface area contributed by atoms with Crippen LogP contribution in [0.3, 0.4) is 0 Å². The SMILES string of the molecule is C=CC1NC(=O)N(CC2CC2)C[C@H]1/C=C/NC(=O)N1CCCCC1CNC. The minimum absolute atomic E-state index is 0.0105. The zero-order valence-electron chi connectivity index (χ0n) is 16.3. The van der Waals surface area contributed by atoms with Crippen LogP contribution in [0.25, 0.3) is 0 Å². The van der Waals surface area contributed by atoms with Crippen LogP contribution < -0.4 is 16.0 Å². The van der Waals surface area contributed by atoms with E-state index in [2.05, 4.69) is 22.5 Å². The molecule has 1 saturated carbocycles. The number of hydrogen-bond acceptors (Lipinski definition) is 3. The van der Waals surface area contributed by atoms with Crippen LogP contribution in [0.4, 0.5) is 9.59 Å². The molecule has 0 aromatic heterocycles. The Labute approximate surface area is 162 Å². The molecule has 0 aromatic carbocycles. The highest BCUT2D eigenvalue weighted by molar-refractivity contribution is 5.76. The molecule has 3 atom stereocenters. The summed E-state index contributed by atoms with van der Waals surface area (Å²) in [5, 5.41) is 9.11. The standard InChI is InChI=1S/C20H33N5O2/c1-3-18-16(14-24(20(27)23-18)13-15-7-8-15)9-10-22-19(26)25-11-5-4-6-17(25)12-21-2/h3,9-10,15-18,21H,1,4-8,11-14H2,2H3,(H,22,26)(H,23,27)/b10-9+/t16-,17?,18?/m1/s1. The smallest absolute Gasteiger partial charge is 0.321 e. The van der Waals surface area contributed by atoms with Crippen molar-refractivity contribution >= 4 is 12.1 Å². The fourth-order valence-corrected chi connectivity index (χ4v) is 4.02. The molecule has 2 aliphatic heterocycles. The molecule has 3 N–H and O–H groups in total. The van der Waals surface area contributed by atoms with Gasteiger partial charge in [0.25, 0.3) is 0 Å². The summed E-state index contributed by atoms with van der Waals surface area (Å²) in [7, 11) is 1.92. The molecule has 4 amide bonds. The largest absolute Gasteiger partial charge is 0.331 e. The van der Waals surface area contributed by atoms with Crippen molar-refractivity contribution in [3.05, 3.63) is 24.9 Å². The average Bonchev–Trinajstić information content (AvgIpc) is 3.48. The van der Waals surface area contributed by atoms with Crippen molar-refractivity contribution in [3.8, 4) is 0 Å². The zero-order valence-corrected chi connectivity index (χ0v) is 16.3. The lowest BCUT2D eigenvalue weighted by atomic mass is 9.96. The molecule has 7 heteroatoms. The molecule has 7 nitrogen and oxygen atoms in total. The summed E-state index contributed by atoms with van der Waals surface area (Å²) < 4.78 is 0. The van der Waals surface area contributed by atoms with E-state index in [-0.39, 0.29) is 30.1 Å². The summed E-state index contributed by atoms with van der Waals surface area (Å²) in [4.78, 5) is 28.6. The second-order valence-corrected chi connectivity index (χ2v) is 7.93. The Kier molecular flexibility index (Phi) is 6.77. The highest BCUT2D eigenvalue weighted by atomic mass is 16.2. The predicted octanol–water partition coefficient (Wildman–Crippen LogP) is 1.89. The van der Waals surface area contributed by atoms with Gasteiger partial charge in [-0.05, 0) is 45.1 Å². The van der Waals surface area contributed by atoms with Gasteiger partial charge in [0.2, 0.25) is 0 Å². The number of likely N-dealkylation sites (N-methyl/N-ethyl adjacent to an activating group) is 1. The quantitative estimate of drug-likeness (QED) is 0.595. The summed E-state index contributed by atoms with van der Waals surface area (Å²) in [6.45, 7) is 6.96. The normalized spacial score (nSPS) is 28.9. The van der Waals surface area contributed by atoms with Crippen molar-refractivity contribution in [2.24, 2.45) is 11.8 Å². The number of amides is 4. The molecule has 0 radical (unpaired) electrons. The van der Waals surface area contributed by atoms with E-state index in [9.17, 15) is 9.59 Å². The summed E-state index contributed by atoms with van der Waals surface area (Å²) in [6.07, 6.45) is 11.2. The highest BCUT2D eigenvalue weighted by Crippen LogP contribution is 2.31. The van der Waals surface area contributed by atoms with E-state index in [4.69, 9.17) is 0 Å². The lowest BCUT2D eigenvalue weighted by Crippen LogP contribution is -2.56. The lowest BCUT2D eigenvalue weighted by molar-refractivity contribution is 0.153. The Hall–Kier alpha value is -2.02. The Balaban J connectivity index is 1.55. The Morgan fingerprint density at radius 2 is 2.15 bits per heavy atom. The van der Waals surface area contributed by atoms with Gasteiger partial charge in [-0.15, -0.1) is 6.58 Å². The monoisotopic (exact) mass is 375 g/mol. The second kappa shape index (κ2) is 9.26. The molecule has 3 rings (SSSR count). The zero-order chi connectivity index (χ0) is 19.2. The van der Waals surface area contributed by atoms with Crippen molar-refractivity contribution < 1.29 is 9.59 Å². The van der Waals surface area contributed by atoms with Crippen LogP contribution in [-0.4, -0.2) is 67.2 Å². The first-order chi connectivity index (χ1) is 13.1. The minimum atomic E-state index is -0.104. The third kappa shape index (κ3) is 5.25. The van der Waals surface area contributed by atoms with Crippen molar-refractivity contribution in [1.82, 2.24) is 25.8 Å². The first kappa shape index (κ1) is 19.7. The van der Waals surface area contributed by atoms with Gasteiger partial charge in [-0.3, -0.25) is 0 Å². The molecule has 2 unspecified atom stereocenters. The first-order valence-electron chi connectivity index (χ1n) is 10.2. The van der Waals surface area contributed by atoms with E-state index < -0.39 is 0 Å². The molecule has 2 heterocycles.